The lowest BCUT2D eigenvalue weighted by Crippen LogP contribution is -2.38. The Balaban J connectivity index is 2.13. The summed E-state index contributed by atoms with van der Waals surface area (Å²) < 4.78 is 10.6. The van der Waals surface area contributed by atoms with Gasteiger partial charge in [0.15, 0.2) is 0 Å². The van der Waals surface area contributed by atoms with E-state index in [2.05, 4.69) is 0 Å². The number of hydrogen-bond donors (Lipinski definition) is 2. The van der Waals surface area contributed by atoms with Gasteiger partial charge in [0.05, 0.1) is 12.2 Å². The summed E-state index contributed by atoms with van der Waals surface area (Å²) in [6.07, 6.45) is 3.42. The van der Waals surface area contributed by atoms with E-state index in [-0.39, 0.29) is 0 Å². The van der Waals surface area contributed by atoms with Crippen LogP contribution in [0.3, 0.4) is 0 Å². The van der Waals surface area contributed by atoms with Gasteiger partial charge in [-0.25, -0.2) is 0 Å². The Morgan fingerprint density at radius 1 is 1.15 bits per heavy atom. The molecule has 4 heteroatoms. The van der Waals surface area contributed by atoms with Crippen LogP contribution in [0.15, 0.2) is 24.3 Å². The van der Waals surface area contributed by atoms with Crippen molar-refractivity contribution in [2.75, 3.05) is 20.3 Å². The van der Waals surface area contributed by atoms with Crippen LogP contribution in [0.2, 0.25) is 0 Å². The van der Waals surface area contributed by atoms with Crippen LogP contribution >= 0.6 is 0 Å². The van der Waals surface area contributed by atoms with Crippen LogP contribution in [0.1, 0.15) is 43.8 Å². The second-order valence-corrected chi connectivity index (χ2v) is 5.45. The van der Waals surface area contributed by atoms with E-state index in [9.17, 15) is 10.2 Å². The average Bonchev–Trinajstić information content (AvgIpc) is 2.48. The second-order valence-electron chi connectivity index (χ2n) is 5.45. The van der Waals surface area contributed by atoms with Crippen LogP contribution in [-0.2, 0) is 4.74 Å². The number of ether oxygens (including phenoxy) is 2. The highest BCUT2D eigenvalue weighted by molar-refractivity contribution is 5.36. The lowest BCUT2D eigenvalue weighted by atomic mass is 9.78. The van der Waals surface area contributed by atoms with Gasteiger partial charge in [-0.05, 0) is 18.9 Å². The van der Waals surface area contributed by atoms with Gasteiger partial charge in [-0.1, -0.05) is 37.5 Å². The van der Waals surface area contributed by atoms with Gasteiger partial charge in [0.2, 0.25) is 0 Å². The van der Waals surface area contributed by atoms with Gasteiger partial charge < -0.3 is 19.7 Å². The Hall–Kier alpha value is -1.10. The number of aliphatic hydroxyl groups is 2. The molecule has 2 N–H and O–H groups in total. The summed E-state index contributed by atoms with van der Waals surface area (Å²) >= 11 is 0. The molecule has 0 aromatic heterocycles. The first-order valence-corrected chi connectivity index (χ1v) is 7.28. The fourth-order valence-electron chi connectivity index (χ4n) is 2.80. The number of benzene rings is 1. The fourth-order valence-corrected chi connectivity index (χ4v) is 2.80. The van der Waals surface area contributed by atoms with Crippen molar-refractivity contribution in [3.8, 4) is 5.75 Å². The molecule has 0 saturated heterocycles. The topological polar surface area (TPSA) is 58.9 Å². The normalized spacial score (nSPS) is 19.6. The van der Waals surface area contributed by atoms with Crippen molar-refractivity contribution in [2.45, 2.75) is 43.8 Å². The van der Waals surface area contributed by atoms with Gasteiger partial charge in [-0.2, -0.15) is 0 Å². The van der Waals surface area contributed by atoms with E-state index in [1.54, 1.807) is 7.11 Å². The fraction of sp³-hybridized carbons (Fsp3) is 0.625. The molecular weight excluding hydrogens is 256 g/mol. The molecule has 112 valence electrons. The minimum Gasteiger partial charge on any atom is -0.491 e. The molecule has 1 fully saturated rings. The first kappa shape index (κ1) is 15.3. The highest BCUT2D eigenvalue weighted by Crippen LogP contribution is 2.41. The largest absolute Gasteiger partial charge is 0.491 e. The molecule has 0 heterocycles. The van der Waals surface area contributed by atoms with Gasteiger partial charge in [0, 0.05) is 12.7 Å². The van der Waals surface area contributed by atoms with Crippen LogP contribution in [-0.4, -0.2) is 36.1 Å². The number of aliphatic hydroxyl groups excluding tert-OH is 1. The zero-order valence-corrected chi connectivity index (χ0v) is 12.0. The first-order chi connectivity index (χ1) is 9.67. The quantitative estimate of drug-likeness (QED) is 0.786. The Morgan fingerprint density at radius 3 is 2.55 bits per heavy atom. The monoisotopic (exact) mass is 280 g/mol. The summed E-state index contributed by atoms with van der Waals surface area (Å²) in [7, 11) is 1.62. The Bertz CT molecular complexity index is 413. The van der Waals surface area contributed by atoms with Crippen molar-refractivity contribution in [3.63, 3.8) is 0 Å². The van der Waals surface area contributed by atoms with Crippen molar-refractivity contribution in [2.24, 2.45) is 0 Å². The molecule has 1 aliphatic rings. The Kier molecular flexibility index (Phi) is 5.40. The van der Waals surface area contributed by atoms with Crippen molar-refractivity contribution in [3.05, 3.63) is 29.8 Å². The zero-order valence-electron chi connectivity index (χ0n) is 12.0. The van der Waals surface area contributed by atoms with Crippen molar-refractivity contribution < 1.29 is 19.7 Å². The number of methoxy groups -OCH3 is 1. The number of rotatable bonds is 6. The molecular formula is C16H24O4. The summed E-state index contributed by atoms with van der Waals surface area (Å²) in [6, 6.07) is 7.36. The molecule has 1 aromatic rings. The highest BCUT2D eigenvalue weighted by Gasteiger charge is 2.38. The molecule has 0 spiro atoms. The van der Waals surface area contributed by atoms with Crippen LogP contribution < -0.4 is 4.74 Å². The minimum absolute atomic E-state index is 0.429. The molecule has 1 unspecified atom stereocenters. The summed E-state index contributed by atoms with van der Waals surface area (Å²) in [5.74, 6) is 0.621. The maximum atomic E-state index is 10.7. The maximum absolute atomic E-state index is 10.7. The lowest BCUT2D eigenvalue weighted by molar-refractivity contribution is -0.0999. The summed E-state index contributed by atoms with van der Waals surface area (Å²) in [5.41, 5.74) is -0.369. The third-order valence-electron chi connectivity index (χ3n) is 3.99. The summed E-state index contributed by atoms with van der Waals surface area (Å²) in [5, 5.41) is 21.2. The average molecular weight is 280 g/mol. The van der Waals surface area contributed by atoms with E-state index in [4.69, 9.17) is 9.47 Å². The van der Waals surface area contributed by atoms with Crippen molar-refractivity contribution in [1.29, 1.82) is 0 Å². The second kappa shape index (κ2) is 7.07. The smallest absolute Gasteiger partial charge is 0.125 e. The standard InChI is InChI=1S/C16H24O4/c1-19-11-12-20-14-8-4-3-7-13(14)15(17)16(18)9-5-2-6-10-16/h3-4,7-8,15,17-18H,2,5-6,9-12H2,1H3. The van der Waals surface area contributed by atoms with E-state index >= 15 is 0 Å². The molecule has 1 aromatic carbocycles. The highest BCUT2D eigenvalue weighted by atomic mass is 16.5. The third kappa shape index (κ3) is 3.51. The predicted molar refractivity (Wildman–Crippen MR) is 76.8 cm³/mol. The van der Waals surface area contributed by atoms with Gasteiger partial charge in [-0.15, -0.1) is 0 Å². The molecule has 1 saturated carbocycles. The predicted octanol–water partition coefficient (Wildman–Crippen LogP) is 2.44. The molecule has 1 atom stereocenters. The number of hydrogen-bond acceptors (Lipinski definition) is 4. The van der Waals surface area contributed by atoms with Gasteiger partial charge in [-0.3, -0.25) is 0 Å². The molecule has 4 nitrogen and oxygen atoms in total. The summed E-state index contributed by atoms with van der Waals surface area (Å²) in [4.78, 5) is 0. The third-order valence-corrected chi connectivity index (χ3v) is 3.99. The molecule has 0 aliphatic heterocycles. The number of para-hydroxylation sites is 1. The summed E-state index contributed by atoms with van der Waals surface area (Å²) in [6.45, 7) is 0.924. The Labute approximate surface area is 120 Å². The van der Waals surface area contributed by atoms with E-state index in [0.29, 0.717) is 37.4 Å². The van der Waals surface area contributed by atoms with Crippen LogP contribution in [0, 0.1) is 0 Å². The molecule has 1 aliphatic carbocycles. The molecule has 0 radical (unpaired) electrons. The van der Waals surface area contributed by atoms with E-state index in [1.807, 2.05) is 24.3 Å². The minimum atomic E-state index is -1.03. The van der Waals surface area contributed by atoms with Crippen LogP contribution in [0.25, 0.3) is 0 Å². The van der Waals surface area contributed by atoms with Crippen molar-refractivity contribution >= 4 is 0 Å². The molecule has 0 bridgehead atoms. The SMILES string of the molecule is COCCOc1ccccc1C(O)C1(O)CCCCC1. The zero-order chi connectivity index (χ0) is 14.4. The Morgan fingerprint density at radius 2 is 1.85 bits per heavy atom. The lowest BCUT2D eigenvalue weighted by Gasteiger charge is -2.37. The molecule has 2 rings (SSSR count). The van der Waals surface area contributed by atoms with Crippen LogP contribution in [0.4, 0.5) is 0 Å². The molecule has 20 heavy (non-hydrogen) atoms. The van der Waals surface area contributed by atoms with Crippen LogP contribution in [0.5, 0.6) is 5.75 Å². The van der Waals surface area contributed by atoms with E-state index in [0.717, 1.165) is 19.3 Å². The van der Waals surface area contributed by atoms with E-state index in [1.165, 1.54) is 0 Å². The maximum Gasteiger partial charge on any atom is 0.125 e. The van der Waals surface area contributed by atoms with Gasteiger partial charge in [0.1, 0.15) is 18.5 Å². The van der Waals surface area contributed by atoms with E-state index < -0.39 is 11.7 Å². The van der Waals surface area contributed by atoms with Gasteiger partial charge >= 0.3 is 0 Å². The first-order valence-electron chi connectivity index (χ1n) is 7.28. The van der Waals surface area contributed by atoms with Crippen molar-refractivity contribution in [1.82, 2.24) is 0 Å². The van der Waals surface area contributed by atoms with Gasteiger partial charge in [0.25, 0.3) is 0 Å². The molecule has 0 amide bonds.